The van der Waals surface area contributed by atoms with Crippen LogP contribution in [0, 0.1) is 17.8 Å². The zero-order valence-corrected chi connectivity index (χ0v) is 19.7. The van der Waals surface area contributed by atoms with Gasteiger partial charge in [-0.05, 0) is 57.3 Å². The molecule has 0 aromatic carbocycles. The van der Waals surface area contributed by atoms with E-state index in [9.17, 15) is 9.90 Å². The van der Waals surface area contributed by atoms with Crippen molar-refractivity contribution in [3.05, 3.63) is 11.6 Å². The number of fused-ring (bicyclic) bond motifs is 1. The van der Waals surface area contributed by atoms with E-state index in [0.717, 1.165) is 43.7 Å². The van der Waals surface area contributed by atoms with E-state index in [1.54, 1.807) is 6.92 Å². The quantitative estimate of drug-likeness (QED) is 0.363. The van der Waals surface area contributed by atoms with Crippen molar-refractivity contribution in [3.63, 3.8) is 0 Å². The van der Waals surface area contributed by atoms with Crippen LogP contribution in [0.1, 0.15) is 83.5 Å². The first kappa shape index (κ1) is 23.4. The number of carbonyl (C=O) groups is 1. The van der Waals surface area contributed by atoms with Crippen molar-refractivity contribution >= 4 is 28.9 Å². The Morgan fingerprint density at radius 2 is 1.88 bits per heavy atom. The van der Waals surface area contributed by atoms with Gasteiger partial charge in [0.1, 0.15) is 17.4 Å². The molecule has 10 nitrogen and oxygen atoms in total. The maximum Gasteiger partial charge on any atom is 0.433 e. The van der Waals surface area contributed by atoms with Crippen LogP contribution in [0.4, 0.5) is 10.6 Å². The van der Waals surface area contributed by atoms with E-state index in [-0.39, 0.29) is 17.7 Å². The number of carboxylic acid groups (broad SMARTS) is 1. The van der Waals surface area contributed by atoms with Gasteiger partial charge in [-0.15, -0.1) is 0 Å². The lowest BCUT2D eigenvalue weighted by Gasteiger charge is -2.32. The lowest BCUT2D eigenvalue weighted by molar-refractivity contribution is 0.179. The number of anilines is 1. The molecule has 4 rings (SSSR count). The number of amides is 1. The average Bonchev–Trinajstić information content (AvgIpc) is 3.06. The molecule has 2 aromatic rings. The number of rotatable bonds is 7. The van der Waals surface area contributed by atoms with Crippen molar-refractivity contribution in [2.24, 2.45) is 28.5 Å². The fourth-order valence-corrected chi connectivity index (χ4v) is 4.97. The SMILES string of the molecule is CC1CCC(Cn2c(C(C)O)nc3nc(C(N)=NC(=O)O)nc(NC(C)C4CCC4)c32)CC1. The number of nitrogens with two attached hydrogens (primary N) is 1. The predicted molar refractivity (Wildman–Crippen MR) is 126 cm³/mol. The minimum absolute atomic E-state index is 0.0153. The fourth-order valence-electron chi connectivity index (χ4n) is 4.97. The lowest BCUT2D eigenvalue weighted by Crippen LogP contribution is -2.32. The Kier molecular flexibility index (Phi) is 6.83. The van der Waals surface area contributed by atoms with Gasteiger partial charge < -0.3 is 25.8 Å². The Hall–Kier alpha value is -2.75. The molecular weight excluding hydrogens is 422 g/mol. The summed E-state index contributed by atoms with van der Waals surface area (Å²) in [5, 5.41) is 23.0. The zero-order valence-electron chi connectivity index (χ0n) is 19.7. The van der Waals surface area contributed by atoms with Gasteiger partial charge in [-0.25, -0.2) is 19.7 Å². The van der Waals surface area contributed by atoms with Gasteiger partial charge in [0.2, 0.25) is 0 Å². The molecule has 5 N–H and O–H groups in total. The predicted octanol–water partition coefficient (Wildman–Crippen LogP) is 3.69. The molecule has 2 atom stereocenters. The first-order valence-electron chi connectivity index (χ1n) is 12.0. The largest absolute Gasteiger partial charge is 0.463 e. The number of nitrogens with zero attached hydrogens (tertiary/aromatic N) is 5. The minimum Gasteiger partial charge on any atom is -0.463 e. The number of imidazole rings is 1. The number of aliphatic hydroxyl groups is 1. The molecule has 0 aliphatic heterocycles. The maximum absolute atomic E-state index is 11.0. The molecule has 180 valence electrons. The normalized spacial score (nSPS) is 23.8. The van der Waals surface area contributed by atoms with Gasteiger partial charge in [-0.2, -0.15) is 4.99 Å². The summed E-state index contributed by atoms with van der Waals surface area (Å²) in [5.41, 5.74) is 6.99. The third-order valence-corrected chi connectivity index (χ3v) is 7.25. The second kappa shape index (κ2) is 9.62. The van der Waals surface area contributed by atoms with Gasteiger partial charge in [0, 0.05) is 12.6 Å². The van der Waals surface area contributed by atoms with Crippen LogP contribution in [0.5, 0.6) is 0 Å². The van der Waals surface area contributed by atoms with E-state index >= 15 is 0 Å². The van der Waals surface area contributed by atoms with Gasteiger partial charge in [-0.3, -0.25) is 0 Å². The second-order valence-electron chi connectivity index (χ2n) is 9.85. The van der Waals surface area contributed by atoms with Crippen LogP contribution in [0.25, 0.3) is 11.2 Å². The molecule has 2 aliphatic rings. The summed E-state index contributed by atoms with van der Waals surface area (Å²) in [6.07, 6.45) is 6.04. The number of hydrogen-bond acceptors (Lipinski definition) is 6. The Morgan fingerprint density at radius 1 is 1.18 bits per heavy atom. The van der Waals surface area contributed by atoms with Gasteiger partial charge in [0.15, 0.2) is 23.1 Å². The number of amidine groups is 1. The van der Waals surface area contributed by atoms with Crippen molar-refractivity contribution < 1.29 is 15.0 Å². The Labute approximate surface area is 193 Å². The van der Waals surface area contributed by atoms with Crippen molar-refractivity contribution in [2.75, 3.05) is 5.32 Å². The van der Waals surface area contributed by atoms with Crippen molar-refractivity contribution in [1.82, 2.24) is 19.5 Å². The first-order chi connectivity index (χ1) is 15.7. The molecular formula is C23H35N7O3. The minimum atomic E-state index is -1.41. The van der Waals surface area contributed by atoms with E-state index in [1.807, 2.05) is 4.57 Å². The molecule has 2 aliphatic carbocycles. The highest BCUT2D eigenvalue weighted by Gasteiger charge is 2.28. The standard InChI is InChI=1S/C23H35N7O3/c1-12-7-9-15(10-8-12)11-30-17-19(25-13(2)16-5-4-6-16)27-21(18(24)26-23(32)33)28-20(17)29-22(30)14(3)31/h12-16,31H,4-11H2,1-3H3,(H2,24,26)(H,32,33)(H,25,27,28). The second-order valence-corrected chi connectivity index (χ2v) is 9.85. The molecule has 10 heteroatoms. The summed E-state index contributed by atoms with van der Waals surface area (Å²) in [5.74, 6) is 2.62. The highest BCUT2D eigenvalue weighted by molar-refractivity contribution is 6.01. The molecule has 2 unspecified atom stereocenters. The number of aromatic nitrogens is 4. The number of hydrogen-bond donors (Lipinski definition) is 4. The summed E-state index contributed by atoms with van der Waals surface area (Å²) < 4.78 is 2.05. The third kappa shape index (κ3) is 5.10. The van der Waals surface area contributed by atoms with E-state index in [2.05, 4.69) is 39.1 Å². The van der Waals surface area contributed by atoms with Crippen molar-refractivity contribution in [2.45, 2.75) is 84.4 Å². The molecule has 0 bridgehead atoms. The van der Waals surface area contributed by atoms with E-state index in [1.165, 1.54) is 19.3 Å². The van der Waals surface area contributed by atoms with Crippen molar-refractivity contribution in [1.29, 1.82) is 0 Å². The van der Waals surface area contributed by atoms with Gasteiger partial charge in [-0.1, -0.05) is 26.2 Å². The third-order valence-electron chi connectivity index (χ3n) is 7.25. The highest BCUT2D eigenvalue weighted by atomic mass is 16.4. The van der Waals surface area contributed by atoms with Crippen LogP contribution in [-0.4, -0.2) is 47.7 Å². The number of nitrogens with one attached hydrogen (secondary N) is 1. The van der Waals surface area contributed by atoms with E-state index in [4.69, 9.17) is 10.8 Å². The van der Waals surface area contributed by atoms with Gasteiger partial charge >= 0.3 is 6.09 Å². The molecule has 2 heterocycles. The summed E-state index contributed by atoms with van der Waals surface area (Å²) in [7, 11) is 0. The topological polar surface area (TPSA) is 152 Å². The molecule has 0 saturated heterocycles. The molecule has 1 amide bonds. The summed E-state index contributed by atoms with van der Waals surface area (Å²) in [6, 6.07) is 0.177. The summed E-state index contributed by atoms with van der Waals surface area (Å²) in [4.78, 5) is 28.1. The monoisotopic (exact) mass is 457 g/mol. The van der Waals surface area contributed by atoms with Crippen LogP contribution < -0.4 is 11.1 Å². The summed E-state index contributed by atoms with van der Waals surface area (Å²) >= 11 is 0. The van der Waals surface area contributed by atoms with Crippen molar-refractivity contribution in [3.8, 4) is 0 Å². The molecule has 0 radical (unpaired) electrons. The van der Waals surface area contributed by atoms with Crippen LogP contribution in [0.3, 0.4) is 0 Å². The van der Waals surface area contributed by atoms with Gasteiger partial charge in [0.25, 0.3) is 0 Å². The molecule has 2 aromatic heterocycles. The Morgan fingerprint density at radius 3 is 2.45 bits per heavy atom. The van der Waals surface area contributed by atoms with Crippen LogP contribution in [-0.2, 0) is 6.54 Å². The van der Waals surface area contributed by atoms with Crippen LogP contribution in [0.15, 0.2) is 4.99 Å². The maximum atomic E-state index is 11.0. The molecule has 2 fully saturated rings. The highest BCUT2D eigenvalue weighted by Crippen LogP contribution is 2.35. The zero-order chi connectivity index (χ0) is 23.7. The lowest BCUT2D eigenvalue weighted by atomic mass is 9.80. The fraction of sp³-hybridized carbons (Fsp3) is 0.696. The molecule has 2 saturated carbocycles. The average molecular weight is 458 g/mol. The summed E-state index contributed by atoms with van der Waals surface area (Å²) in [6.45, 7) is 6.86. The Bertz CT molecular complexity index is 1040. The first-order valence-corrected chi connectivity index (χ1v) is 12.0. The number of aliphatic hydroxyl groups excluding tert-OH is 1. The van der Waals surface area contributed by atoms with E-state index in [0.29, 0.717) is 29.1 Å². The molecule has 0 spiro atoms. The van der Waals surface area contributed by atoms with Crippen LogP contribution >= 0.6 is 0 Å². The number of aliphatic imine (C=N–C) groups is 1. The van der Waals surface area contributed by atoms with Crippen LogP contribution in [0.2, 0.25) is 0 Å². The molecule has 33 heavy (non-hydrogen) atoms. The van der Waals surface area contributed by atoms with Gasteiger partial charge in [0.05, 0.1) is 0 Å². The Balaban J connectivity index is 1.80. The van der Waals surface area contributed by atoms with E-state index < -0.39 is 12.2 Å². The smallest absolute Gasteiger partial charge is 0.433 e.